The Morgan fingerprint density at radius 1 is 1.22 bits per heavy atom. The van der Waals surface area contributed by atoms with Crippen molar-refractivity contribution in [3.8, 4) is 0 Å². The van der Waals surface area contributed by atoms with E-state index >= 15 is 0 Å². The highest BCUT2D eigenvalue weighted by Crippen LogP contribution is 2.15. The maximum atomic E-state index is 12.0. The van der Waals surface area contributed by atoms with Gasteiger partial charge in [-0.15, -0.1) is 0 Å². The van der Waals surface area contributed by atoms with Crippen molar-refractivity contribution < 1.29 is 4.79 Å². The van der Waals surface area contributed by atoms with Crippen LogP contribution in [0.1, 0.15) is 21.5 Å². The Morgan fingerprint density at radius 3 is 2.67 bits per heavy atom. The summed E-state index contributed by atoms with van der Waals surface area (Å²) in [6.45, 7) is 3.80. The highest BCUT2D eigenvalue weighted by Gasteiger charge is 2.09. The van der Waals surface area contributed by atoms with E-state index in [0.717, 1.165) is 11.1 Å². The Labute approximate surface area is 106 Å². The van der Waals surface area contributed by atoms with Crippen molar-refractivity contribution in [1.82, 2.24) is 4.98 Å². The van der Waals surface area contributed by atoms with Gasteiger partial charge in [-0.1, -0.05) is 12.1 Å². The largest absolute Gasteiger partial charge is 0.398 e. The van der Waals surface area contributed by atoms with Gasteiger partial charge in [-0.2, -0.15) is 0 Å². The molecule has 1 amide bonds. The van der Waals surface area contributed by atoms with Crippen molar-refractivity contribution in [2.75, 3.05) is 11.1 Å². The molecule has 1 aromatic heterocycles. The third-order valence-corrected chi connectivity index (χ3v) is 2.78. The Hall–Kier alpha value is -2.36. The molecule has 1 heterocycles. The van der Waals surface area contributed by atoms with Crippen LogP contribution in [0, 0.1) is 13.8 Å². The lowest BCUT2D eigenvalue weighted by Crippen LogP contribution is -2.14. The number of carbonyl (C=O) groups excluding carboxylic acids is 1. The molecule has 0 fully saturated rings. The fourth-order valence-electron chi connectivity index (χ4n) is 1.58. The third-order valence-electron chi connectivity index (χ3n) is 2.78. The molecule has 2 aromatic rings. The van der Waals surface area contributed by atoms with E-state index in [2.05, 4.69) is 10.3 Å². The molecule has 2 rings (SSSR count). The van der Waals surface area contributed by atoms with Gasteiger partial charge in [0.2, 0.25) is 0 Å². The minimum absolute atomic E-state index is 0.205. The van der Waals surface area contributed by atoms with E-state index in [-0.39, 0.29) is 5.91 Å². The average Bonchev–Trinajstić information content (AvgIpc) is 2.35. The number of aromatic nitrogens is 1. The first kappa shape index (κ1) is 12.1. The Bertz CT molecular complexity index is 593. The molecule has 0 radical (unpaired) electrons. The predicted molar refractivity (Wildman–Crippen MR) is 72.5 cm³/mol. The number of amides is 1. The van der Waals surface area contributed by atoms with Gasteiger partial charge >= 0.3 is 0 Å². The first-order valence-corrected chi connectivity index (χ1v) is 5.67. The van der Waals surface area contributed by atoms with Crippen LogP contribution in [-0.4, -0.2) is 10.9 Å². The van der Waals surface area contributed by atoms with Gasteiger partial charge in [0, 0.05) is 17.4 Å². The first-order valence-electron chi connectivity index (χ1n) is 5.67. The second-order valence-corrected chi connectivity index (χ2v) is 4.19. The van der Waals surface area contributed by atoms with Crippen molar-refractivity contribution in [1.29, 1.82) is 0 Å². The van der Waals surface area contributed by atoms with Gasteiger partial charge in [-0.3, -0.25) is 4.79 Å². The number of aryl methyl sites for hydroxylation is 2. The second-order valence-electron chi connectivity index (χ2n) is 4.19. The van der Waals surface area contributed by atoms with Gasteiger partial charge in [0.15, 0.2) is 0 Å². The maximum absolute atomic E-state index is 12.0. The van der Waals surface area contributed by atoms with Crippen molar-refractivity contribution in [2.45, 2.75) is 13.8 Å². The molecule has 0 saturated heterocycles. The fourth-order valence-corrected chi connectivity index (χ4v) is 1.58. The van der Waals surface area contributed by atoms with Gasteiger partial charge in [0.05, 0.1) is 0 Å². The number of nitrogens with one attached hydrogen (secondary N) is 1. The van der Waals surface area contributed by atoms with Gasteiger partial charge in [0.1, 0.15) is 5.82 Å². The van der Waals surface area contributed by atoms with Gasteiger partial charge < -0.3 is 11.1 Å². The van der Waals surface area contributed by atoms with E-state index in [1.807, 2.05) is 32.0 Å². The molecule has 0 aliphatic rings. The zero-order chi connectivity index (χ0) is 13.1. The zero-order valence-corrected chi connectivity index (χ0v) is 10.4. The molecular weight excluding hydrogens is 226 g/mol. The van der Waals surface area contributed by atoms with E-state index in [9.17, 15) is 4.79 Å². The standard InChI is InChI=1S/C14H15N3O/c1-9-5-6-11(8-12(9)15)14(18)17-13-10(2)4-3-7-16-13/h3-8H,15H2,1-2H3,(H,16,17,18). The number of hydrogen-bond acceptors (Lipinski definition) is 3. The lowest BCUT2D eigenvalue weighted by atomic mass is 10.1. The Kier molecular flexibility index (Phi) is 3.28. The molecule has 0 aliphatic carbocycles. The number of benzene rings is 1. The molecule has 0 unspecified atom stereocenters. The second kappa shape index (κ2) is 4.87. The summed E-state index contributed by atoms with van der Waals surface area (Å²) in [6.07, 6.45) is 1.64. The number of nitrogens with two attached hydrogens (primary N) is 1. The third kappa shape index (κ3) is 2.48. The minimum Gasteiger partial charge on any atom is -0.398 e. The number of rotatable bonds is 2. The van der Waals surface area contributed by atoms with E-state index in [0.29, 0.717) is 17.1 Å². The summed E-state index contributed by atoms with van der Waals surface area (Å²) in [4.78, 5) is 16.1. The van der Waals surface area contributed by atoms with Crippen LogP contribution in [0.25, 0.3) is 0 Å². The zero-order valence-electron chi connectivity index (χ0n) is 10.4. The molecule has 1 aromatic carbocycles. The van der Waals surface area contributed by atoms with Crippen LogP contribution in [0.2, 0.25) is 0 Å². The van der Waals surface area contributed by atoms with Crippen LogP contribution < -0.4 is 11.1 Å². The van der Waals surface area contributed by atoms with Gasteiger partial charge in [-0.25, -0.2) is 4.98 Å². The molecule has 0 atom stereocenters. The first-order chi connectivity index (χ1) is 8.58. The van der Waals surface area contributed by atoms with Crippen molar-refractivity contribution in [3.05, 3.63) is 53.2 Å². The normalized spacial score (nSPS) is 10.1. The minimum atomic E-state index is -0.205. The number of anilines is 2. The summed E-state index contributed by atoms with van der Waals surface area (Å²) in [5.74, 6) is 0.366. The molecule has 0 bridgehead atoms. The highest BCUT2D eigenvalue weighted by atomic mass is 16.1. The molecule has 18 heavy (non-hydrogen) atoms. The number of nitrogen functional groups attached to an aromatic ring is 1. The van der Waals surface area contributed by atoms with Gasteiger partial charge in [-0.05, 0) is 43.2 Å². The van der Waals surface area contributed by atoms with Gasteiger partial charge in [0.25, 0.3) is 5.91 Å². The lowest BCUT2D eigenvalue weighted by Gasteiger charge is -2.08. The van der Waals surface area contributed by atoms with E-state index in [4.69, 9.17) is 5.73 Å². The maximum Gasteiger partial charge on any atom is 0.256 e. The van der Waals surface area contributed by atoms with Crippen LogP contribution in [0.5, 0.6) is 0 Å². The summed E-state index contributed by atoms with van der Waals surface area (Å²) in [5.41, 5.74) is 8.81. The van der Waals surface area contributed by atoms with Crippen molar-refractivity contribution in [2.24, 2.45) is 0 Å². The highest BCUT2D eigenvalue weighted by molar-refractivity contribution is 6.04. The average molecular weight is 241 g/mol. The monoisotopic (exact) mass is 241 g/mol. The van der Waals surface area contributed by atoms with E-state index in [1.165, 1.54) is 0 Å². The van der Waals surface area contributed by atoms with Crippen LogP contribution >= 0.6 is 0 Å². The van der Waals surface area contributed by atoms with E-state index in [1.54, 1.807) is 18.3 Å². The van der Waals surface area contributed by atoms with E-state index < -0.39 is 0 Å². The molecule has 4 heteroatoms. The fraction of sp³-hybridized carbons (Fsp3) is 0.143. The molecule has 92 valence electrons. The lowest BCUT2D eigenvalue weighted by molar-refractivity contribution is 0.102. The molecule has 0 aliphatic heterocycles. The number of nitrogens with zero attached hydrogens (tertiary/aromatic N) is 1. The van der Waals surface area contributed by atoms with Crippen molar-refractivity contribution in [3.63, 3.8) is 0 Å². The molecular formula is C14H15N3O. The molecule has 0 spiro atoms. The predicted octanol–water partition coefficient (Wildman–Crippen LogP) is 2.53. The number of carbonyl (C=O) groups is 1. The smallest absolute Gasteiger partial charge is 0.256 e. The Morgan fingerprint density at radius 2 is 2.00 bits per heavy atom. The quantitative estimate of drug-likeness (QED) is 0.794. The summed E-state index contributed by atoms with van der Waals surface area (Å²) in [6, 6.07) is 8.97. The van der Waals surface area contributed by atoms with Crippen molar-refractivity contribution >= 4 is 17.4 Å². The van der Waals surface area contributed by atoms with Crippen LogP contribution in [0.3, 0.4) is 0 Å². The molecule has 4 nitrogen and oxygen atoms in total. The van der Waals surface area contributed by atoms with Crippen LogP contribution in [0.4, 0.5) is 11.5 Å². The molecule has 3 N–H and O–H groups in total. The topological polar surface area (TPSA) is 68.0 Å². The number of pyridine rings is 1. The summed E-state index contributed by atoms with van der Waals surface area (Å²) in [5, 5.41) is 2.77. The van der Waals surface area contributed by atoms with Crippen LogP contribution in [-0.2, 0) is 0 Å². The number of hydrogen-bond donors (Lipinski definition) is 2. The molecule has 0 saturated carbocycles. The summed E-state index contributed by atoms with van der Waals surface area (Å²) < 4.78 is 0. The summed E-state index contributed by atoms with van der Waals surface area (Å²) >= 11 is 0. The SMILES string of the molecule is Cc1ccc(C(=O)Nc2ncccc2C)cc1N. The van der Waals surface area contributed by atoms with Crippen LogP contribution in [0.15, 0.2) is 36.5 Å². The summed E-state index contributed by atoms with van der Waals surface area (Å²) in [7, 11) is 0. The Balaban J connectivity index is 2.22.